The molecular formula is C21H42N2O3. The van der Waals surface area contributed by atoms with Crippen molar-refractivity contribution in [2.45, 2.75) is 124 Å². The Labute approximate surface area is 161 Å². The molecule has 1 heterocycles. The Balaban J connectivity index is 3.08. The summed E-state index contributed by atoms with van der Waals surface area (Å²) in [7, 11) is 0. The van der Waals surface area contributed by atoms with E-state index in [1.54, 1.807) is 6.92 Å². The van der Waals surface area contributed by atoms with Crippen molar-refractivity contribution >= 4 is 5.97 Å². The Bertz CT molecular complexity index is 448. The minimum Gasteiger partial charge on any atom is -0.392 e. The van der Waals surface area contributed by atoms with Gasteiger partial charge >= 0.3 is 5.97 Å². The SMILES string of the molecule is CC(O)[C@@H](C(=O)ON1C(C)(C)CCCC1(C)C)C(C)N(C(C)C)C(C)C. The van der Waals surface area contributed by atoms with Gasteiger partial charge in [-0.05, 0) is 88.5 Å². The Morgan fingerprint density at radius 1 is 0.962 bits per heavy atom. The summed E-state index contributed by atoms with van der Waals surface area (Å²) < 4.78 is 0. The van der Waals surface area contributed by atoms with E-state index >= 15 is 0 Å². The average Bonchev–Trinajstić information content (AvgIpc) is 2.41. The number of carbonyl (C=O) groups is 1. The predicted octanol–water partition coefficient (Wildman–Crippen LogP) is 3.99. The second kappa shape index (κ2) is 8.57. The van der Waals surface area contributed by atoms with E-state index in [1.807, 2.05) is 12.0 Å². The summed E-state index contributed by atoms with van der Waals surface area (Å²) in [5, 5.41) is 12.3. The molecule has 1 rings (SSSR count). The lowest BCUT2D eigenvalue weighted by atomic mass is 9.82. The summed E-state index contributed by atoms with van der Waals surface area (Å²) >= 11 is 0. The molecule has 5 heteroatoms. The van der Waals surface area contributed by atoms with Gasteiger partial charge in [-0.2, -0.15) is 0 Å². The molecule has 154 valence electrons. The van der Waals surface area contributed by atoms with Gasteiger partial charge in [0, 0.05) is 18.1 Å². The van der Waals surface area contributed by atoms with Crippen LogP contribution in [0.3, 0.4) is 0 Å². The first-order chi connectivity index (χ1) is 11.7. The van der Waals surface area contributed by atoms with Gasteiger partial charge in [-0.3, -0.25) is 4.90 Å². The number of aliphatic hydroxyl groups excluding tert-OH is 1. The molecule has 1 N–H and O–H groups in total. The minimum absolute atomic E-state index is 0.112. The Morgan fingerprint density at radius 2 is 1.38 bits per heavy atom. The molecule has 1 aliphatic heterocycles. The Hall–Kier alpha value is -0.650. The molecule has 0 saturated carbocycles. The number of carbonyl (C=O) groups excluding carboxylic acids is 1. The molecule has 2 unspecified atom stereocenters. The van der Waals surface area contributed by atoms with Crippen molar-refractivity contribution in [3.8, 4) is 0 Å². The number of nitrogens with zero attached hydrogens (tertiary/aromatic N) is 2. The van der Waals surface area contributed by atoms with Crippen molar-refractivity contribution in [1.82, 2.24) is 9.96 Å². The topological polar surface area (TPSA) is 53.0 Å². The molecular weight excluding hydrogens is 328 g/mol. The zero-order valence-corrected chi connectivity index (χ0v) is 18.7. The summed E-state index contributed by atoms with van der Waals surface area (Å²) in [6, 6.07) is 0.447. The molecule has 0 aromatic rings. The molecule has 1 saturated heterocycles. The fourth-order valence-corrected chi connectivity index (χ4v) is 4.89. The predicted molar refractivity (Wildman–Crippen MR) is 107 cm³/mol. The standard InChI is InChI=1S/C21H42N2O3/c1-14(2)22(15(3)4)16(5)18(17(6)24)19(25)26-23-20(7,8)12-11-13-21(23,9)10/h14-18,24H,11-13H2,1-10H3/t16?,17?,18-/m0/s1. The van der Waals surface area contributed by atoms with Gasteiger partial charge in [0.15, 0.2) is 0 Å². The molecule has 0 amide bonds. The maximum atomic E-state index is 13.2. The fourth-order valence-electron chi connectivity index (χ4n) is 4.89. The largest absolute Gasteiger partial charge is 0.392 e. The number of aliphatic hydroxyl groups is 1. The maximum Gasteiger partial charge on any atom is 0.332 e. The van der Waals surface area contributed by atoms with Gasteiger partial charge < -0.3 is 9.94 Å². The van der Waals surface area contributed by atoms with E-state index in [4.69, 9.17) is 4.84 Å². The van der Waals surface area contributed by atoms with Crippen LogP contribution in [0.2, 0.25) is 0 Å². The summed E-state index contributed by atoms with van der Waals surface area (Å²) in [5.74, 6) is -0.921. The van der Waals surface area contributed by atoms with Crippen molar-refractivity contribution in [2.75, 3.05) is 0 Å². The number of hydrogen-bond donors (Lipinski definition) is 1. The second-order valence-corrected chi connectivity index (χ2v) is 9.82. The molecule has 5 nitrogen and oxygen atoms in total. The van der Waals surface area contributed by atoms with E-state index in [0.29, 0.717) is 0 Å². The van der Waals surface area contributed by atoms with Crippen LogP contribution in [-0.4, -0.2) is 56.3 Å². The summed E-state index contributed by atoms with van der Waals surface area (Å²) in [5.41, 5.74) is -0.417. The molecule has 0 aliphatic carbocycles. The van der Waals surface area contributed by atoms with Crippen LogP contribution in [0.1, 0.15) is 88.5 Å². The second-order valence-electron chi connectivity index (χ2n) is 9.82. The van der Waals surface area contributed by atoms with Crippen LogP contribution >= 0.6 is 0 Å². The number of rotatable bonds is 7. The van der Waals surface area contributed by atoms with Gasteiger partial charge in [-0.15, -0.1) is 5.06 Å². The van der Waals surface area contributed by atoms with E-state index in [0.717, 1.165) is 19.3 Å². The fraction of sp³-hybridized carbons (Fsp3) is 0.952. The summed E-state index contributed by atoms with van der Waals surface area (Å²) in [6.07, 6.45) is 2.33. The van der Waals surface area contributed by atoms with Crippen LogP contribution in [-0.2, 0) is 9.63 Å². The average molecular weight is 371 g/mol. The first-order valence-electron chi connectivity index (χ1n) is 10.2. The Morgan fingerprint density at radius 3 is 1.73 bits per heavy atom. The van der Waals surface area contributed by atoms with Gasteiger partial charge in [0.05, 0.1) is 23.1 Å². The molecule has 3 atom stereocenters. The number of hydrogen-bond acceptors (Lipinski definition) is 5. The van der Waals surface area contributed by atoms with Crippen molar-refractivity contribution in [3.05, 3.63) is 0 Å². The summed E-state index contributed by atoms with van der Waals surface area (Å²) in [4.78, 5) is 21.4. The molecule has 0 aromatic heterocycles. The van der Waals surface area contributed by atoms with Gasteiger partial charge in [0.25, 0.3) is 0 Å². The van der Waals surface area contributed by atoms with Crippen molar-refractivity contribution in [3.63, 3.8) is 0 Å². The normalized spacial score (nSPS) is 23.9. The highest BCUT2D eigenvalue weighted by atomic mass is 16.7. The molecule has 1 fully saturated rings. The zero-order valence-electron chi connectivity index (χ0n) is 18.7. The number of hydroxylamine groups is 2. The van der Waals surface area contributed by atoms with E-state index < -0.39 is 12.0 Å². The van der Waals surface area contributed by atoms with Crippen LogP contribution in [0.15, 0.2) is 0 Å². The van der Waals surface area contributed by atoms with Crippen LogP contribution in [0.4, 0.5) is 0 Å². The number of piperidine rings is 1. The first kappa shape index (κ1) is 23.4. The molecule has 0 bridgehead atoms. The van der Waals surface area contributed by atoms with Crippen LogP contribution in [0, 0.1) is 5.92 Å². The summed E-state index contributed by atoms with van der Waals surface area (Å²) in [6.45, 7) is 20.7. The van der Waals surface area contributed by atoms with Crippen LogP contribution < -0.4 is 0 Å². The van der Waals surface area contributed by atoms with Crippen molar-refractivity contribution < 1.29 is 14.7 Å². The molecule has 1 aliphatic rings. The van der Waals surface area contributed by atoms with E-state index in [-0.39, 0.29) is 35.2 Å². The van der Waals surface area contributed by atoms with E-state index in [1.165, 1.54) is 0 Å². The highest BCUT2D eigenvalue weighted by Crippen LogP contribution is 2.39. The third kappa shape index (κ3) is 5.20. The lowest BCUT2D eigenvalue weighted by Gasteiger charge is -2.51. The molecule has 0 aromatic carbocycles. The minimum atomic E-state index is -0.770. The highest BCUT2D eigenvalue weighted by Gasteiger charge is 2.46. The van der Waals surface area contributed by atoms with Gasteiger partial charge in [0.2, 0.25) is 0 Å². The molecule has 0 spiro atoms. The van der Waals surface area contributed by atoms with E-state index in [9.17, 15) is 9.90 Å². The molecule has 0 radical (unpaired) electrons. The first-order valence-corrected chi connectivity index (χ1v) is 10.2. The van der Waals surface area contributed by atoms with Crippen molar-refractivity contribution in [2.24, 2.45) is 5.92 Å². The maximum absolute atomic E-state index is 13.2. The van der Waals surface area contributed by atoms with Gasteiger partial charge in [0.1, 0.15) is 0 Å². The third-order valence-electron chi connectivity index (χ3n) is 5.83. The zero-order chi connectivity index (χ0) is 20.4. The quantitative estimate of drug-likeness (QED) is 0.734. The smallest absolute Gasteiger partial charge is 0.332 e. The van der Waals surface area contributed by atoms with Crippen molar-refractivity contribution in [1.29, 1.82) is 0 Å². The van der Waals surface area contributed by atoms with Crippen LogP contribution in [0.25, 0.3) is 0 Å². The van der Waals surface area contributed by atoms with E-state index in [2.05, 4.69) is 60.3 Å². The lowest BCUT2D eigenvalue weighted by molar-refractivity contribution is -0.271. The van der Waals surface area contributed by atoms with Crippen LogP contribution in [0.5, 0.6) is 0 Å². The highest BCUT2D eigenvalue weighted by molar-refractivity contribution is 5.73. The lowest BCUT2D eigenvalue weighted by Crippen LogP contribution is -2.60. The monoisotopic (exact) mass is 370 g/mol. The third-order valence-corrected chi connectivity index (χ3v) is 5.83. The van der Waals surface area contributed by atoms with Gasteiger partial charge in [-0.25, -0.2) is 4.79 Å². The molecule has 26 heavy (non-hydrogen) atoms. The Kier molecular flexibility index (Phi) is 7.71. The van der Waals surface area contributed by atoms with Gasteiger partial charge in [-0.1, -0.05) is 0 Å².